The van der Waals surface area contributed by atoms with Crippen molar-refractivity contribution in [1.29, 1.82) is 0 Å². The molecule has 0 spiro atoms. The minimum Gasteiger partial charge on any atom is -0.353 e. The zero-order chi connectivity index (χ0) is 12.8. The van der Waals surface area contributed by atoms with Gasteiger partial charge < -0.3 is 19.2 Å². The Hall–Kier alpha value is -0.450. The Morgan fingerprint density at radius 3 is 2.00 bits per heavy atom. The standard InChI is InChI=1S/C6H13NO.C6H14O2/c1-7(2)5-3-4-6-8;1-4-7-6(3)8-5-2/h6H,3-5H2,1-2H3;6H,4-5H2,1-3H3. The number of ether oxygens (including phenoxy) is 2. The van der Waals surface area contributed by atoms with E-state index in [-0.39, 0.29) is 6.29 Å². The molecule has 0 bridgehead atoms. The first-order valence-electron chi connectivity index (χ1n) is 5.89. The molecule has 0 aliphatic heterocycles. The molecular formula is C12H27NO3. The SMILES string of the molecule is CCOC(C)OCC.CN(C)CCCC=O. The molecule has 0 saturated heterocycles. The molecule has 0 unspecified atom stereocenters. The Balaban J connectivity index is 0. The number of aldehydes is 1. The highest BCUT2D eigenvalue weighted by molar-refractivity contribution is 5.48. The van der Waals surface area contributed by atoms with Crippen molar-refractivity contribution in [2.24, 2.45) is 0 Å². The molecule has 0 saturated carbocycles. The second-order valence-electron chi connectivity index (χ2n) is 3.59. The number of rotatable bonds is 8. The maximum absolute atomic E-state index is 9.77. The van der Waals surface area contributed by atoms with Crippen LogP contribution < -0.4 is 0 Å². The summed E-state index contributed by atoms with van der Waals surface area (Å²) in [4.78, 5) is 11.8. The Labute approximate surface area is 99.9 Å². The number of hydrogen-bond acceptors (Lipinski definition) is 4. The van der Waals surface area contributed by atoms with Crippen LogP contribution in [0.3, 0.4) is 0 Å². The molecule has 0 heterocycles. The largest absolute Gasteiger partial charge is 0.353 e. The highest BCUT2D eigenvalue weighted by Gasteiger charge is 1.94. The van der Waals surface area contributed by atoms with E-state index in [0.717, 1.165) is 32.5 Å². The molecular weight excluding hydrogens is 206 g/mol. The number of carbonyl (C=O) groups is 1. The van der Waals surface area contributed by atoms with Gasteiger partial charge in [-0.15, -0.1) is 0 Å². The Kier molecular flexibility index (Phi) is 16.3. The monoisotopic (exact) mass is 233 g/mol. The summed E-state index contributed by atoms with van der Waals surface area (Å²) in [5.41, 5.74) is 0. The van der Waals surface area contributed by atoms with E-state index in [1.807, 2.05) is 34.9 Å². The molecule has 0 aromatic rings. The summed E-state index contributed by atoms with van der Waals surface area (Å²) in [6.45, 7) is 8.26. The van der Waals surface area contributed by atoms with E-state index in [9.17, 15) is 4.79 Å². The average Bonchev–Trinajstić information content (AvgIpc) is 2.19. The van der Waals surface area contributed by atoms with Crippen LogP contribution in [0.2, 0.25) is 0 Å². The van der Waals surface area contributed by atoms with E-state index in [1.54, 1.807) is 0 Å². The third-order valence-corrected chi connectivity index (χ3v) is 1.73. The lowest BCUT2D eigenvalue weighted by molar-refractivity contribution is -0.123. The first-order chi connectivity index (χ1) is 7.58. The highest BCUT2D eigenvalue weighted by atomic mass is 16.7. The quantitative estimate of drug-likeness (QED) is 0.365. The van der Waals surface area contributed by atoms with E-state index in [0.29, 0.717) is 6.42 Å². The fourth-order valence-electron chi connectivity index (χ4n) is 1.01. The molecule has 0 radical (unpaired) electrons. The summed E-state index contributed by atoms with van der Waals surface area (Å²) in [6, 6.07) is 0. The maximum Gasteiger partial charge on any atom is 0.154 e. The predicted octanol–water partition coefficient (Wildman–Crippen LogP) is 1.93. The van der Waals surface area contributed by atoms with Crippen molar-refractivity contribution in [3.8, 4) is 0 Å². The number of nitrogens with zero attached hydrogens (tertiary/aromatic N) is 1. The predicted molar refractivity (Wildman–Crippen MR) is 66.6 cm³/mol. The summed E-state index contributed by atoms with van der Waals surface area (Å²) in [7, 11) is 4.01. The lowest BCUT2D eigenvalue weighted by Crippen LogP contribution is -2.12. The third kappa shape index (κ3) is 19.2. The van der Waals surface area contributed by atoms with Crippen molar-refractivity contribution >= 4 is 6.29 Å². The zero-order valence-corrected chi connectivity index (χ0v) is 11.4. The van der Waals surface area contributed by atoms with Crippen LogP contribution in [-0.2, 0) is 14.3 Å². The molecule has 0 fully saturated rings. The van der Waals surface area contributed by atoms with Gasteiger partial charge in [-0.2, -0.15) is 0 Å². The minimum absolute atomic E-state index is 0.0370. The van der Waals surface area contributed by atoms with Gasteiger partial charge >= 0.3 is 0 Å². The molecule has 0 aliphatic rings. The van der Waals surface area contributed by atoms with Gasteiger partial charge in [0.2, 0.25) is 0 Å². The lowest BCUT2D eigenvalue weighted by Gasteiger charge is -2.09. The topological polar surface area (TPSA) is 38.8 Å². The summed E-state index contributed by atoms with van der Waals surface area (Å²) in [5.74, 6) is 0. The van der Waals surface area contributed by atoms with Gasteiger partial charge in [0.05, 0.1) is 0 Å². The van der Waals surface area contributed by atoms with Gasteiger partial charge in [-0.25, -0.2) is 0 Å². The molecule has 0 amide bonds. The summed E-state index contributed by atoms with van der Waals surface area (Å²) < 4.78 is 10.1. The van der Waals surface area contributed by atoms with Crippen molar-refractivity contribution in [2.45, 2.75) is 39.9 Å². The first kappa shape index (κ1) is 17.9. The summed E-state index contributed by atoms with van der Waals surface area (Å²) in [5, 5.41) is 0. The third-order valence-electron chi connectivity index (χ3n) is 1.73. The Morgan fingerprint density at radius 2 is 1.69 bits per heavy atom. The van der Waals surface area contributed by atoms with Gasteiger partial charge in [0.25, 0.3) is 0 Å². The van der Waals surface area contributed by atoms with E-state index >= 15 is 0 Å². The van der Waals surface area contributed by atoms with Crippen molar-refractivity contribution in [2.75, 3.05) is 33.9 Å². The molecule has 0 aliphatic carbocycles. The minimum atomic E-state index is -0.0370. The molecule has 0 rings (SSSR count). The highest BCUT2D eigenvalue weighted by Crippen LogP contribution is 1.90. The molecule has 0 atom stereocenters. The van der Waals surface area contributed by atoms with E-state index < -0.39 is 0 Å². The second-order valence-corrected chi connectivity index (χ2v) is 3.59. The van der Waals surface area contributed by atoms with E-state index in [1.165, 1.54) is 0 Å². The van der Waals surface area contributed by atoms with Gasteiger partial charge in [-0.05, 0) is 47.8 Å². The van der Waals surface area contributed by atoms with Gasteiger partial charge in [-0.3, -0.25) is 0 Å². The Morgan fingerprint density at radius 1 is 1.19 bits per heavy atom. The maximum atomic E-state index is 9.77. The fourth-order valence-corrected chi connectivity index (χ4v) is 1.01. The smallest absolute Gasteiger partial charge is 0.154 e. The van der Waals surface area contributed by atoms with Crippen LogP contribution in [0.4, 0.5) is 0 Å². The molecule has 16 heavy (non-hydrogen) atoms. The van der Waals surface area contributed by atoms with Crippen LogP contribution in [0, 0.1) is 0 Å². The van der Waals surface area contributed by atoms with Crippen LogP contribution in [-0.4, -0.2) is 51.3 Å². The van der Waals surface area contributed by atoms with Crippen LogP contribution in [0.25, 0.3) is 0 Å². The van der Waals surface area contributed by atoms with Crippen LogP contribution in [0.5, 0.6) is 0 Å². The van der Waals surface area contributed by atoms with E-state index in [2.05, 4.69) is 4.90 Å². The second kappa shape index (κ2) is 14.6. The molecule has 4 nitrogen and oxygen atoms in total. The van der Waals surface area contributed by atoms with Crippen LogP contribution in [0.1, 0.15) is 33.6 Å². The number of carbonyl (C=O) groups excluding carboxylic acids is 1. The molecule has 0 aromatic heterocycles. The average molecular weight is 233 g/mol. The molecule has 4 heteroatoms. The van der Waals surface area contributed by atoms with Crippen molar-refractivity contribution < 1.29 is 14.3 Å². The molecule has 98 valence electrons. The van der Waals surface area contributed by atoms with E-state index in [4.69, 9.17) is 9.47 Å². The molecule has 0 aromatic carbocycles. The summed E-state index contributed by atoms with van der Waals surface area (Å²) in [6.07, 6.45) is 2.60. The van der Waals surface area contributed by atoms with Gasteiger partial charge in [-0.1, -0.05) is 0 Å². The summed E-state index contributed by atoms with van der Waals surface area (Å²) >= 11 is 0. The van der Waals surface area contributed by atoms with Gasteiger partial charge in [0.15, 0.2) is 6.29 Å². The zero-order valence-electron chi connectivity index (χ0n) is 11.4. The Bertz CT molecular complexity index is 134. The van der Waals surface area contributed by atoms with Crippen LogP contribution in [0.15, 0.2) is 0 Å². The first-order valence-corrected chi connectivity index (χ1v) is 5.89. The van der Waals surface area contributed by atoms with Gasteiger partial charge in [0, 0.05) is 19.6 Å². The molecule has 0 N–H and O–H groups in total. The van der Waals surface area contributed by atoms with Crippen LogP contribution >= 0.6 is 0 Å². The lowest BCUT2D eigenvalue weighted by atomic mass is 10.3. The fraction of sp³-hybridized carbons (Fsp3) is 0.917. The number of unbranched alkanes of at least 4 members (excludes halogenated alkanes) is 1. The van der Waals surface area contributed by atoms with Crippen molar-refractivity contribution in [3.63, 3.8) is 0 Å². The van der Waals surface area contributed by atoms with Gasteiger partial charge in [0.1, 0.15) is 6.29 Å². The van der Waals surface area contributed by atoms with Crippen molar-refractivity contribution in [1.82, 2.24) is 4.90 Å². The normalized spacial score (nSPS) is 10.2. The van der Waals surface area contributed by atoms with Crippen molar-refractivity contribution in [3.05, 3.63) is 0 Å². The number of hydrogen-bond donors (Lipinski definition) is 0.